The summed E-state index contributed by atoms with van der Waals surface area (Å²) in [7, 11) is 1.56. The number of aliphatic hydroxyl groups excluding tert-OH is 1. The zero-order valence-electron chi connectivity index (χ0n) is 22.8. The Morgan fingerprint density at radius 1 is 1.23 bits per heavy atom. The highest BCUT2D eigenvalue weighted by molar-refractivity contribution is 5.88. The number of aliphatic hydroxyl groups is 1. The molecule has 2 aliphatic rings. The van der Waals surface area contributed by atoms with Gasteiger partial charge in [0, 0.05) is 43.6 Å². The molecule has 0 spiro atoms. The van der Waals surface area contributed by atoms with E-state index in [2.05, 4.69) is 22.5 Å². The third-order valence-electron chi connectivity index (χ3n) is 7.69. The number of hydrogen-bond donors (Lipinski definition) is 3. The van der Waals surface area contributed by atoms with E-state index < -0.39 is 29.9 Å². The van der Waals surface area contributed by atoms with Crippen LogP contribution in [0.1, 0.15) is 55.2 Å². The predicted octanol–water partition coefficient (Wildman–Crippen LogP) is 2.89. The van der Waals surface area contributed by atoms with Crippen LogP contribution in [0.3, 0.4) is 0 Å². The molecule has 2 aromatic carbocycles. The van der Waals surface area contributed by atoms with Crippen LogP contribution >= 0.6 is 0 Å². The van der Waals surface area contributed by atoms with Crippen molar-refractivity contribution in [2.75, 3.05) is 20.2 Å². The number of benzene rings is 2. The molecule has 7 nitrogen and oxygen atoms in total. The normalized spacial score (nSPS) is 22.0. The minimum absolute atomic E-state index is 0.0248. The van der Waals surface area contributed by atoms with Gasteiger partial charge in [-0.25, -0.2) is 4.39 Å². The van der Waals surface area contributed by atoms with Crippen LogP contribution in [0.15, 0.2) is 42.5 Å². The van der Waals surface area contributed by atoms with Crippen LogP contribution in [0, 0.1) is 30.5 Å². The van der Waals surface area contributed by atoms with Crippen molar-refractivity contribution in [1.29, 1.82) is 0 Å². The molecule has 1 heterocycles. The third-order valence-corrected chi connectivity index (χ3v) is 7.69. The van der Waals surface area contributed by atoms with Gasteiger partial charge in [0.1, 0.15) is 17.6 Å². The Kier molecular flexibility index (Phi) is 9.47. The lowest BCUT2D eigenvalue weighted by atomic mass is 9.98. The highest BCUT2D eigenvalue weighted by Gasteiger charge is 2.44. The van der Waals surface area contributed by atoms with Crippen molar-refractivity contribution in [2.45, 2.75) is 68.7 Å². The first-order chi connectivity index (χ1) is 19.2. The Morgan fingerprint density at radius 2 is 2.02 bits per heavy atom. The van der Waals surface area contributed by atoms with Crippen LogP contribution < -0.4 is 15.4 Å². The molecule has 0 radical (unpaired) electrons. The first-order valence-electron chi connectivity index (χ1n) is 13.7. The number of carbonyl (C=O) groups is 2. The van der Waals surface area contributed by atoms with Gasteiger partial charge in [-0.1, -0.05) is 18.1 Å². The fraction of sp³-hybridized carbons (Fsp3) is 0.438. The minimum Gasteiger partial charge on any atom is -0.493 e. The van der Waals surface area contributed by atoms with Crippen LogP contribution in [0.5, 0.6) is 5.75 Å². The van der Waals surface area contributed by atoms with Crippen LogP contribution in [0.4, 0.5) is 4.39 Å². The molecule has 2 aromatic rings. The summed E-state index contributed by atoms with van der Waals surface area (Å²) >= 11 is 0. The van der Waals surface area contributed by atoms with Crippen LogP contribution in [0.2, 0.25) is 0 Å². The Hall–Kier alpha value is -3.85. The van der Waals surface area contributed by atoms with E-state index in [1.54, 1.807) is 13.1 Å². The average Bonchev–Trinajstić information content (AvgIpc) is 3.74. The van der Waals surface area contributed by atoms with E-state index in [9.17, 15) is 19.1 Å². The molecule has 2 bridgehead atoms. The molecule has 210 valence electrons. The highest BCUT2D eigenvalue weighted by Crippen LogP contribution is 2.45. The maximum absolute atomic E-state index is 14.5. The van der Waals surface area contributed by atoms with Crippen molar-refractivity contribution < 1.29 is 23.8 Å². The largest absolute Gasteiger partial charge is 0.493 e. The predicted molar refractivity (Wildman–Crippen MR) is 151 cm³/mol. The lowest BCUT2D eigenvalue weighted by Gasteiger charge is -2.31. The molecular weight excluding hydrogens is 509 g/mol. The van der Waals surface area contributed by atoms with Crippen LogP contribution in [-0.2, 0) is 21.5 Å². The summed E-state index contributed by atoms with van der Waals surface area (Å²) in [6.07, 6.45) is 13.4. The molecule has 1 aliphatic carbocycles. The number of nitrogens with zero attached hydrogens (tertiary/aromatic N) is 1. The van der Waals surface area contributed by atoms with E-state index in [4.69, 9.17) is 17.6 Å². The van der Waals surface area contributed by atoms with Gasteiger partial charge >= 0.3 is 0 Å². The van der Waals surface area contributed by atoms with Crippen molar-refractivity contribution in [3.8, 4) is 30.4 Å². The molecule has 0 saturated heterocycles. The Balaban J connectivity index is 1.58. The van der Waals surface area contributed by atoms with Gasteiger partial charge in [0.15, 0.2) is 0 Å². The van der Waals surface area contributed by atoms with Crippen molar-refractivity contribution >= 4 is 11.8 Å². The summed E-state index contributed by atoms with van der Waals surface area (Å²) in [5, 5.41) is 17.7. The number of likely N-dealkylation sites (N-methyl/N-ethyl adjacent to an activating group) is 1. The number of fused-ring (bicyclic) bond motifs is 2. The standard InChI is InChI=1S/C32H36FN3O4/c1-4-9-28-31(39)35-27(29(37)21-34-32(13-14-32)24-11-8-10-22(5-2)16-24)19-23-17-25(33)20-26(18-23)40-15-7-6-12-30(38)36(28)3/h1-2,8,10-11,16-18,20,27-29,34,37H,6-7,9,12-15,19,21H2,3H3,(H,35,39). The maximum atomic E-state index is 14.5. The molecule has 8 heteroatoms. The number of rotatable bonds is 6. The third kappa shape index (κ3) is 7.21. The molecule has 2 amide bonds. The van der Waals surface area contributed by atoms with E-state index in [0.717, 1.165) is 24.0 Å². The van der Waals surface area contributed by atoms with Crippen LogP contribution in [-0.4, -0.2) is 60.2 Å². The van der Waals surface area contributed by atoms with E-state index in [0.29, 0.717) is 30.8 Å². The summed E-state index contributed by atoms with van der Waals surface area (Å²) in [6, 6.07) is 10.4. The number of halogens is 1. The molecular formula is C32H36FN3O4. The van der Waals surface area contributed by atoms with Crippen molar-refractivity contribution in [2.24, 2.45) is 0 Å². The van der Waals surface area contributed by atoms with Gasteiger partial charge in [0.05, 0.1) is 18.8 Å². The summed E-state index contributed by atoms with van der Waals surface area (Å²) in [5.41, 5.74) is 2.08. The molecule has 0 aromatic heterocycles. The topological polar surface area (TPSA) is 90.9 Å². The number of hydrogen-bond acceptors (Lipinski definition) is 5. The van der Waals surface area contributed by atoms with Crippen molar-refractivity contribution in [3.63, 3.8) is 0 Å². The van der Waals surface area contributed by atoms with Gasteiger partial charge in [0.2, 0.25) is 11.8 Å². The lowest BCUT2D eigenvalue weighted by Crippen LogP contribution is -2.55. The summed E-state index contributed by atoms with van der Waals surface area (Å²) in [6.45, 7) is 0.488. The molecule has 3 N–H and O–H groups in total. The first-order valence-corrected chi connectivity index (χ1v) is 13.7. The molecule has 4 rings (SSSR count). The second-order valence-electron chi connectivity index (χ2n) is 10.6. The van der Waals surface area contributed by atoms with Gasteiger partial charge in [-0.2, -0.15) is 0 Å². The van der Waals surface area contributed by atoms with Crippen molar-refractivity contribution in [3.05, 3.63) is 65.0 Å². The SMILES string of the molecule is C#CCC1C(=O)NC(C(O)CNC2(c3cccc(C#C)c3)CC2)Cc2cc(F)cc(c2)OCCCCC(=O)N1C. The van der Waals surface area contributed by atoms with Gasteiger partial charge in [-0.05, 0) is 67.5 Å². The zero-order valence-corrected chi connectivity index (χ0v) is 22.8. The maximum Gasteiger partial charge on any atom is 0.244 e. The number of ether oxygens (including phenoxy) is 1. The smallest absolute Gasteiger partial charge is 0.244 e. The molecule has 3 atom stereocenters. The molecule has 40 heavy (non-hydrogen) atoms. The lowest BCUT2D eigenvalue weighted by molar-refractivity contribution is -0.139. The van der Waals surface area contributed by atoms with Gasteiger partial charge < -0.3 is 25.4 Å². The summed E-state index contributed by atoms with van der Waals surface area (Å²) in [4.78, 5) is 27.6. The monoisotopic (exact) mass is 545 g/mol. The van der Waals surface area contributed by atoms with Gasteiger partial charge in [0.25, 0.3) is 0 Å². The fourth-order valence-electron chi connectivity index (χ4n) is 5.12. The fourth-order valence-corrected chi connectivity index (χ4v) is 5.12. The molecule has 1 saturated carbocycles. The molecule has 1 aliphatic heterocycles. The Morgan fingerprint density at radius 3 is 2.75 bits per heavy atom. The number of nitrogens with one attached hydrogen (secondary N) is 2. The summed E-state index contributed by atoms with van der Waals surface area (Å²) < 4.78 is 20.2. The van der Waals surface area contributed by atoms with E-state index in [1.807, 2.05) is 24.3 Å². The molecule has 3 unspecified atom stereocenters. The van der Waals surface area contributed by atoms with E-state index in [-0.39, 0.29) is 37.3 Å². The Bertz CT molecular complexity index is 1310. The summed E-state index contributed by atoms with van der Waals surface area (Å²) in [5.74, 6) is 4.36. The van der Waals surface area contributed by atoms with E-state index >= 15 is 0 Å². The second kappa shape index (κ2) is 13.0. The molecule has 1 fully saturated rings. The average molecular weight is 546 g/mol. The second-order valence-corrected chi connectivity index (χ2v) is 10.6. The van der Waals surface area contributed by atoms with Crippen molar-refractivity contribution in [1.82, 2.24) is 15.5 Å². The zero-order chi connectivity index (χ0) is 28.7. The Labute approximate surface area is 235 Å². The number of amides is 2. The quantitative estimate of drug-likeness (QED) is 0.486. The number of terminal acetylenes is 2. The minimum atomic E-state index is -1.03. The van der Waals surface area contributed by atoms with Gasteiger partial charge in [-0.15, -0.1) is 18.8 Å². The van der Waals surface area contributed by atoms with E-state index in [1.165, 1.54) is 17.0 Å². The highest BCUT2D eigenvalue weighted by atomic mass is 19.1. The first kappa shape index (κ1) is 29.1. The van der Waals surface area contributed by atoms with Gasteiger partial charge in [-0.3, -0.25) is 9.59 Å². The van der Waals surface area contributed by atoms with Crippen LogP contribution in [0.25, 0.3) is 0 Å². The number of carbonyl (C=O) groups excluding carboxylic acids is 2.